The van der Waals surface area contributed by atoms with E-state index in [4.69, 9.17) is 4.74 Å². The fourth-order valence-corrected chi connectivity index (χ4v) is 3.63. The SMILES string of the molecule is Cc1ccccc1C[C@@H]1S/C(=N/N=C\c2ccc(OC(C)C)cc2)NC1=O. The minimum Gasteiger partial charge on any atom is -0.491 e. The molecule has 1 saturated heterocycles. The molecule has 3 rings (SSSR count). The van der Waals surface area contributed by atoms with Crippen LogP contribution in [-0.4, -0.2) is 28.6 Å². The Bertz CT molecular complexity index is 860. The second-order valence-electron chi connectivity index (χ2n) is 6.61. The number of aryl methyl sites for hydroxylation is 1. The third-order valence-electron chi connectivity index (χ3n) is 4.05. The number of amidine groups is 1. The van der Waals surface area contributed by atoms with Crippen LogP contribution in [0.4, 0.5) is 0 Å². The Balaban J connectivity index is 1.59. The molecule has 6 heteroatoms. The number of carbonyl (C=O) groups excluding carboxylic acids is 1. The maximum atomic E-state index is 12.2. The third-order valence-corrected chi connectivity index (χ3v) is 5.12. The summed E-state index contributed by atoms with van der Waals surface area (Å²) < 4.78 is 5.61. The monoisotopic (exact) mass is 381 g/mol. The molecule has 0 bridgehead atoms. The van der Waals surface area contributed by atoms with E-state index >= 15 is 0 Å². The minimum absolute atomic E-state index is 0.0209. The smallest absolute Gasteiger partial charge is 0.239 e. The molecule has 27 heavy (non-hydrogen) atoms. The largest absolute Gasteiger partial charge is 0.491 e. The summed E-state index contributed by atoms with van der Waals surface area (Å²) in [5, 5.41) is 11.4. The van der Waals surface area contributed by atoms with Crippen molar-refractivity contribution in [2.45, 2.75) is 38.5 Å². The molecule has 0 spiro atoms. The normalized spacial score (nSPS) is 18.4. The molecule has 1 heterocycles. The first-order valence-corrected chi connectivity index (χ1v) is 9.79. The van der Waals surface area contributed by atoms with Crippen LogP contribution in [-0.2, 0) is 11.2 Å². The zero-order valence-corrected chi connectivity index (χ0v) is 16.5. The molecule has 0 radical (unpaired) electrons. The Hall–Kier alpha value is -2.60. The summed E-state index contributed by atoms with van der Waals surface area (Å²) in [4.78, 5) is 12.2. The predicted octanol–water partition coefficient (Wildman–Crippen LogP) is 3.95. The van der Waals surface area contributed by atoms with Crippen molar-refractivity contribution in [1.29, 1.82) is 0 Å². The van der Waals surface area contributed by atoms with E-state index in [0.717, 1.165) is 11.3 Å². The number of amides is 1. The van der Waals surface area contributed by atoms with Crippen LogP contribution in [0.25, 0.3) is 0 Å². The van der Waals surface area contributed by atoms with E-state index in [9.17, 15) is 4.79 Å². The summed E-state index contributed by atoms with van der Waals surface area (Å²) in [6.45, 7) is 6.04. The average Bonchev–Trinajstić information content (AvgIpc) is 2.97. The number of ether oxygens (including phenoxy) is 1. The van der Waals surface area contributed by atoms with E-state index < -0.39 is 0 Å². The van der Waals surface area contributed by atoms with Crippen LogP contribution >= 0.6 is 11.8 Å². The van der Waals surface area contributed by atoms with Gasteiger partial charge in [-0.2, -0.15) is 5.10 Å². The van der Waals surface area contributed by atoms with Crippen molar-refractivity contribution in [3.05, 3.63) is 65.2 Å². The van der Waals surface area contributed by atoms with Gasteiger partial charge in [0, 0.05) is 0 Å². The van der Waals surface area contributed by atoms with E-state index in [1.54, 1.807) is 6.21 Å². The van der Waals surface area contributed by atoms with E-state index in [0.29, 0.717) is 11.6 Å². The molecule has 0 unspecified atom stereocenters. The van der Waals surface area contributed by atoms with Crippen molar-refractivity contribution in [2.24, 2.45) is 10.2 Å². The fraction of sp³-hybridized carbons (Fsp3) is 0.286. The highest BCUT2D eigenvalue weighted by Crippen LogP contribution is 2.24. The van der Waals surface area contributed by atoms with Gasteiger partial charge in [0.15, 0.2) is 5.17 Å². The highest BCUT2D eigenvalue weighted by molar-refractivity contribution is 8.15. The highest BCUT2D eigenvalue weighted by atomic mass is 32.2. The van der Waals surface area contributed by atoms with Gasteiger partial charge >= 0.3 is 0 Å². The van der Waals surface area contributed by atoms with Crippen LogP contribution in [0.3, 0.4) is 0 Å². The van der Waals surface area contributed by atoms with Gasteiger partial charge in [-0.15, -0.1) is 5.10 Å². The third kappa shape index (κ3) is 5.44. The maximum Gasteiger partial charge on any atom is 0.239 e. The number of carbonyl (C=O) groups is 1. The lowest BCUT2D eigenvalue weighted by Gasteiger charge is -2.08. The molecule has 1 fully saturated rings. The fourth-order valence-electron chi connectivity index (χ4n) is 2.68. The molecule has 0 saturated carbocycles. The number of thioether (sulfide) groups is 1. The van der Waals surface area contributed by atoms with Crippen molar-refractivity contribution >= 4 is 29.1 Å². The summed E-state index contributed by atoms with van der Waals surface area (Å²) in [5.74, 6) is 0.804. The van der Waals surface area contributed by atoms with Crippen molar-refractivity contribution in [2.75, 3.05) is 0 Å². The summed E-state index contributed by atoms with van der Waals surface area (Å²) in [6, 6.07) is 15.8. The second kappa shape index (κ2) is 8.86. The zero-order chi connectivity index (χ0) is 19.2. The molecule has 140 valence electrons. The standard InChI is InChI=1S/C21H23N3O2S/c1-14(2)26-18-10-8-16(9-11-18)13-22-24-21-23-20(25)19(27-21)12-17-7-5-4-6-15(17)3/h4-11,13-14,19H,12H2,1-3H3,(H,23,24,25)/b22-13-/t19-/m0/s1. The van der Waals surface area contributed by atoms with Gasteiger partial charge in [0.05, 0.1) is 17.6 Å². The van der Waals surface area contributed by atoms with Gasteiger partial charge in [0.25, 0.3) is 0 Å². The average molecular weight is 382 g/mol. The Labute approximate surface area is 163 Å². The first-order chi connectivity index (χ1) is 13.0. The minimum atomic E-state index is -0.174. The molecule has 1 amide bonds. The van der Waals surface area contributed by atoms with Crippen molar-refractivity contribution in [1.82, 2.24) is 5.32 Å². The first-order valence-electron chi connectivity index (χ1n) is 8.91. The molecule has 2 aromatic rings. The first kappa shape index (κ1) is 19.2. The Morgan fingerprint density at radius 3 is 2.63 bits per heavy atom. The van der Waals surface area contributed by atoms with Crippen LogP contribution < -0.4 is 10.1 Å². The quantitative estimate of drug-likeness (QED) is 0.609. The zero-order valence-electron chi connectivity index (χ0n) is 15.7. The number of benzene rings is 2. The van der Waals surface area contributed by atoms with Crippen molar-refractivity contribution in [3.63, 3.8) is 0 Å². The molecule has 5 nitrogen and oxygen atoms in total. The number of rotatable bonds is 6. The van der Waals surface area contributed by atoms with Crippen molar-refractivity contribution < 1.29 is 9.53 Å². The van der Waals surface area contributed by atoms with Gasteiger partial charge in [-0.1, -0.05) is 36.0 Å². The van der Waals surface area contributed by atoms with Crippen LogP contribution in [0, 0.1) is 6.92 Å². The summed E-state index contributed by atoms with van der Waals surface area (Å²) in [5.41, 5.74) is 3.29. The van der Waals surface area contributed by atoms with Crippen LogP contribution in [0.15, 0.2) is 58.7 Å². The molecular weight excluding hydrogens is 358 g/mol. The molecule has 2 aromatic carbocycles. The summed E-state index contributed by atoms with van der Waals surface area (Å²) >= 11 is 1.42. The molecule has 1 aliphatic heterocycles. The summed E-state index contributed by atoms with van der Waals surface area (Å²) in [6.07, 6.45) is 2.49. The van der Waals surface area contributed by atoms with Gasteiger partial charge in [0.1, 0.15) is 5.75 Å². The van der Waals surface area contributed by atoms with Gasteiger partial charge < -0.3 is 10.1 Å². The predicted molar refractivity (Wildman–Crippen MR) is 112 cm³/mol. The number of hydrogen-bond acceptors (Lipinski definition) is 5. The lowest BCUT2D eigenvalue weighted by atomic mass is 10.0. The maximum absolute atomic E-state index is 12.2. The Morgan fingerprint density at radius 2 is 1.93 bits per heavy atom. The Kier molecular flexibility index (Phi) is 6.29. The van der Waals surface area contributed by atoms with Crippen LogP contribution in [0.1, 0.15) is 30.5 Å². The highest BCUT2D eigenvalue weighted by Gasteiger charge is 2.30. The van der Waals surface area contributed by atoms with Gasteiger partial charge in [-0.25, -0.2) is 0 Å². The van der Waals surface area contributed by atoms with E-state index in [1.807, 2.05) is 50.2 Å². The van der Waals surface area contributed by atoms with Gasteiger partial charge in [-0.3, -0.25) is 4.79 Å². The van der Waals surface area contributed by atoms with E-state index in [2.05, 4.69) is 34.6 Å². The molecule has 0 aromatic heterocycles. The van der Waals surface area contributed by atoms with Crippen LogP contribution in [0.5, 0.6) is 5.75 Å². The lowest BCUT2D eigenvalue weighted by Crippen LogP contribution is -2.26. The van der Waals surface area contributed by atoms with Gasteiger partial charge in [0.2, 0.25) is 5.91 Å². The molecule has 0 aliphatic carbocycles. The van der Waals surface area contributed by atoms with Gasteiger partial charge in [-0.05, 0) is 68.1 Å². The van der Waals surface area contributed by atoms with Crippen LogP contribution in [0.2, 0.25) is 0 Å². The number of nitrogens with one attached hydrogen (secondary N) is 1. The molecule has 1 atom stereocenters. The molecule has 1 aliphatic rings. The molecule has 1 N–H and O–H groups in total. The number of nitrogens with zero attached hydrogens (tertiary/aromatic N) is 2. The lowest BCUT2D eigenvalue weighted by molar-refractivity contribution is -0.118. The summed E-state index contributed by atoms with van der Waals surface area (Å²) in [7, 11) is 0. The number of hydrogen-bond donors (Lipinski definition) is 1. The van der Waals surface area contributed by atoms with Crippen molar-refractivity contribution in [3.8, 4) is 5.75 Å². The Morgan fingerprint density at radius 1 is 1.19 bits per heavy atom. The topological polar surface area (TPSA) is 63.1 Å². The second-order valence-corrected chi connectivity index (χ2v) is 7.80. The van der Waals surface area contributed by atoms with E-state index in [1.165, 1.54) is 22.9 Å². The van der Waals surface area contributed by atoms with E-state index in [-0.39, 0.29) is 17.3 Å². The molecular formula is C21H23N3O2S.